The first-order chi connectivity index (χ1) is 5.58. The van der Waals surface area contributed by atoms with Gasteiger partial charge in [-0.25, -0.2) is 0 Å². The average molecular weight is 182 g/mol. The van der Waals surface area contributed by atoms with Crippen LogP contribution in [0.3, 0.4) is 0 Å². The van der Waals surface area contributed by atoms with Gasteiger partial charge in [-0.05, 0) is 11.6 Å². The molecule has 1 aromatic carbocycles. The maximum Gasteiger partial charge on any atom is 0.219 e. The van der Waals surface area contributed by atoms with Gasteiger partial charge in [0.1, 0.15) is 0 Å². The van der Waals surface area contributed by atoms with Crippen LogP contribution >= 0.6 is 7.37 Å². The summed E-state index contributed by atoms with van der Waals surface area (Å²) in [6.45, 7) is 1.31. The molecule has 1 N–H and O–H groups in total. The smallest absolute Gasteiger partial charge is 0.219 e. The van der Waals surface area contributed by atoms with Crippen LogP contribution < -0.4 is 0 Å². The summed E-state index contributed by atoms with van der Waals surface area (Å²) in [5, 5.41) is 0. The minimum Gasteiger partial charge on any atom is -0.342 e. The highest BCUT2D eigenvalue weighted by molar-refractivity contribution is 7.60. The predicted molar refractivity (Wildman–Crippen MR) is 51.2 cm³/mol. The van der Waals surface area contributed by atoms with Crippen LogP contribution in [0.1, 0.15) is 5.56 Å². The van der Waals surface area contributed by atoms with Gasteiger partial charge in [-0.15, -0.1) is 0 Å². The molecule has 1 rings (SSSR count). The average Bonchev–Trinajstić information content (AvgIpc) is 2.02. The third-order valence-corrected chi connectivity index (χ3v) is 2.05. The van der Waals surface area contributed by atoms with Crippen molar-refractivity contribution in [2.75, 3.05) is 6.66 Å². The summed E-state index contributed by atoms with van der Waals surface area (Å²) in [7, 11) is -3.01. The Morgan fingerprint density at radius 3 is 2.42 bits per heavy atom. The van der Waals surface area contributed by atoms with Crippen LogP contribution in [-0.4, -0.2) is 11.6 Å². The van der Waals surface area contributed by atoms with Gasteiger partial charge >= 0.3 is 0 Å². The van der Waals surface area contributed by atoms with Crippen molar-refractivity contribution in [1.29, 1.82) is 0 Å². The van der Waals surface area contributed by atoms with Crippen LogP contribution in [0.4, 0.5) is 0 Å². The topological polar surface area (TPSA) is 37.3 Å². The standard InChI is InChI=1S/C9H11O2P/c1-12(10,11)8-7-9-5-3-2-4-6-9/h2-8H,1H3,(H,10,11). The third-order valence-electron chi connectivity index (χ3n) is 1.34. The van der Waals surface area contributed by atoms with E-state index in [1.165, 1.54) is 12.5 Å². The number of hydrogen-bond acceptors (Lipinski definition) is 1. The van der Waals surface area contributed by atoms with Gasteiger partial charge < -0.3 is 4.89 Å². The number of rotatable bonds is 2. The molecular formula is C9H11O2P. The molecule has 0 heterocycles. The van der Waals surface area contributed by atoms with Gasteiger partial charge in [0.15, 0.2) is 0 Å². The van der Waals surface area contributed by atoms with Crippen LogP contribution in [0, 0.1) is 0 Å². The van der Waals surface area contributed by atoms with Crippen LogP contribution in [0.2, 0.25) is 0 Å². The van der Waals surface area contributed by atoms with E-state index >= 15 is 0 Å². The van der Waals surface area contributed by atoms with Crippen molar-refractivity contribution in [2.24, 2.45) is 0 Å². The molecular weight excluding hydrogens is 171 g/mol. The fraction of sp³-hybridized carbons (Fsp3) is 0.111. The summed E-state index contributed by atoms with van der Waals surface area (Å²) in [5.41, 5.74) is 0.939. The Morgan fingerprint density at radius 1 is 1.33 bits per heavy atom. The molecule has 0 fully saturated rings. The Labute approximate surface area is 72.0 Å². The normalized spacial score (nSPS) is 16.2. The van der Waals surface area contributed by atoms with Crippen LogP contribution in [0.25, 0.3) is 6.08 Å². The lowest BCUT2D eigenvalue weighted by atomic mass is 10.2. The quantitative estimate of drug-likeness (QED) is 0.713. The van der Waals surface area contributed by atoms with Crippen molar-refractivity contribution in [3.05, 3.63) is 41.7 Å². The fourth-order valence-electron chi connectivity index (χ4n) is 0.789. The van der Waals surface area contributed by atoms with Crippen molar-refractivity contribution >= 4 is 13.4 Å². The minimum absolute atomic E-state index is 0.939. The second kappa shape index (κ2) is 3.70. The molecule has 0 aromatic heterocycles. The lowest BCUT2D eigenvalue weighted by molar-refractivity contribution is 0.496. The van der Waals surface area contributed by atoms with E-state index in [-0.39, 0.29) is 0 Å². The molecule has 1 atom stereocenters. The summed E-state index contributed by atoms with van der Waals surface area (Å²) < 4.78 is 10.9. The Balaban J connectivity index is 2.78. The van der Waals surface area contributed by atoms with E-state index in [9.17, 15) is 4.57 Å². The summed E-state index contributed by atoms with van der Waals surface area (Å²) in [4.78, 5) is 8.95. The van der Waals surface area contributed by atoms with E-state index in [1.54, 1.807) is 6.08 Å². The molecule has 12 heavy (non-hydrogen) atoms. The highest BCUT2D eigenvalue weighted by Crippen LogP contribution is 2.37. The fourth-order valence-corrected chi connectivity index (χ4v) is 1.24. The zero-order chi connectivity index (χ0) is 9.03. The van der Waals surface area contributed by atoms with Gasteiger partial charge in [0.05, 0.1) is 0 Å². The molecule has 3 heteroatoms. The maximum atomic E-state index is 10.9. The summed E-state index contributed by atoms with van der Waals surface area (Å²) in [6, 6.07) is 9.44. The SMILES string of the molecule is CP(=O)(O)C=Cc1ccccc1. The molecule has 1 unspecified atom stereocenters. The van der Waals surface area contributed by atoms with Gasteiger partial charge in [-0.1, -0.05) is 30.3 Å². The molecule has 0 aliphatic rings. The van der Waals surface area contributed by atoms with Crippen molar-refractivity contribution < 1.29 is 9.46 Å². The molecule has 0 spiro atoms. The number of benzene rings is 1. The zero-order valence-corrected chi connectivity index (χ0v) is 7.74. The second-order valence-corrected chi connectivity index (χ2v) is 4.85. The monoisotopic (exact) mass is 182 g/mol. The first-order valence-corrected chi connectivity index (χ1v) is 5.80. The lowest BCUT2D eigenvalue weighted by Gasteiger charge is -1.95. The third kappa shape index (κ3) is 3.51. The molecule has 0 aliphatic heterocycles. The van der Waals surface area contributed by atoms with Gasteiger partial charge in [0.2, 0.25) is 7.37 Å². The molecule has 0 aliphatic carbocycles. The maximum absolute atomic E-state index is 10.9. The van der Waals surface area contributed by atoms with E-state index < -0.39 is 7.37 Å². The summed E-state index contributed by atoms with van der Waals surface area (Å²) in [6.07, 6.45) is 1.65. The first-order valence-electron chi connectivity index (χ1n) is 3.62. The van der Waals surface area contributed by atoms with Crippen molar-refractivity contribution in [2.45, 2.75) is 0 Å². The minimum atomic E-state index is -3.01. The van der Waals surface area contributed by atoms with Crippen LogP contribution in [0.5, 0.6) is 0 Å². The molecule has 0 amide bonds. The van der Waals surface area contributed by atoms with E-state index in [4.69, 9.17) is 4.89 Å². The van der Waals surface area contributed by atoms with Gasteiger partial charge in [0, 0.05) is 12.5 Å². The van der Waals surface area contributed by atoms with Crippen LogP contribution in [0.15, 0.2) is 36.1 Å². The van der Waals surface area contributed by atoms with Gasteiger partial charge in [0.25, 0.3) is 0 Å². The molecule has 1 aromatic rings. The molecule has 0 saturated heterocycles. The molecule has 0 bridgehead atoms. The summed E-state index contributed by atoms with van der Waals surface area (Å²) >= 11 is 0. The Bertz CT molecular complexity index is 311. The highest BCUT2D eigenvalue weighted by Gasteiger charge is 2.00. The van der Waals surface area contributed by atoms with Gasteiger partial charge in [-0.3, -0.25) is 4.57 Å². The summed E-state index contributed by atoms with van der Waals surface area (Å²) in [5.74, 6) is 1.34. The number of hydrogen-bond donors (Lipinski definition) is 1. The van der Waals surface area contributed by atoms with E-state index in [0.717, 1.165) is 5.56 Å². The van der Waals surface area contributed by atoms with Gasteiger partial charge in [-0.2, -0.15) is 0 Å². The van der Waals surface area contributed by atoms with Crippen molar-refractivity contribution in [3.63, 3.8) is 0 Å². The van der Waals surface area contributed by atoms with E-state index in [1.807, 2.05) is 30.3 Å². The Hall–Kier alpha value is -0.850. The largest absolute Gasteiger partial charge is 0.342 e. The molecule has 0 saturated carbocycles. The molecule has 64 valence electrons. The Morgan fingerprint density at radius 2 is 1.92 bits per heavy atom. The molecule has 2 nitrogen and oxygen atoms in total. The second-order valence-electron chi connectivity index (χ2n) is 2.67. The molecule has 0 radical (unpaired) electrons. The van der Waals surface area contributed by atoms with E-state index in [0.29, 0.717) is 0 Å². The van der Waals surface area contributed by atoms with E-state index in [2.05, 4.69) is 0 Å². The van der Waals surface area contributed by atoms with Crippen molar-refractivity contribution in [3.8, 4) is 0 Å². The highest BCUT2D eigenvalue weighted by atomic mass is 31.2. The Kier molecular flexibility index (Phi) is 2.85. The first kappa shape index (κ1) is 9.24. The lowest BCUT2D eigenvalue weighted by Crippen LogP contribution is -1.70. The predicted octanol–water partition coefficient (Wildman–Crippen LogP) is 2.56. The van der Waals surface area contributed by atoms with Crippen LogP contribution in [-0.2, 0) is 4.57 Å². The van der Waals surface area contributed by atoms with Crippen molar-refractivity contribution in [1.82, 2.24) is 0 Å². The zero-order valence-electron chi connectivity index (χ0n) is 6.84.